The number of carboxylic acid groups (broad SMARTS) is 1. The number of Topliss-reactive ketones (excluding diaryl/α,β-unsaturated/α-hetero) is 2. The monoisotopic (exact) mass is 532 g/mol. The summed E-state index contributed by atoms with van der Waals surface area (Å²) < 4.78 is 5.10. The van der Waals surface area contributed by atoms with Gasteiger partial charge in [-0.05, 0) is 44.1 Å². The lowest BCUT2D eigenvalue weighted by Crippen LogP contribution is -2.42. The van der Waals surface area contributed by atoms with E-state index in [9.17, 15) is 29.1 Å². The SMILES string of the molecule is CCCCc1ccc(C(=O)CC(CCCCCC(=O)CCC(NC(=O)COCCC)C(=O)O)C(N)=O)cc1. The molecular formula is C29H44N2O7. The lowest BCUT2D eigenvalue weighted by atomic mass is 9.92. The molecule has 0 aliphatic heterocycles. The van der Waals surface area contributed by atoms with E-state index in [0.29, 0.717) is 37.9 Å². The normalized spacial score (nSPS) is 12.5. The van der Waals surface area contributed by atoms with Gasteiger partial charge in [0.15, 0.2) is 5.78 Å². The highest BCUT2D eigenvalue weighted by Gasteiger charge is 2.22. The van der Waals surface area contributed by atoms with E-state index in [1.165, 1.54) is 5.56 Å². The van der Waals surface area contributed by atoms with Crippen LogP contribution < -0.4 is 11.1 Å². The van der Waals surface area contributed by atoms with E-state index in [-0.39, 0.29) is 43.9 Å². The minimum Gasteiger partial charge on any atom is -0.480 e. The first kappa shape index (κ1) is 33.0. The van der Waals surface area contributed by atoms with Crippen LogP contribution in [-0.4, -0.2) is 53.7 Å². The number of hydrogen-bond donors (Lipinski definition) is 3. The highest BCUT2D eigenvalue weighted by atomic mass is 16.5. The van der Waals surface area contributed by atoms with Crippen molar-refractivity contribution in [2.75, 3.05) is 13.2 Å². The van der Waals surface area contributed by atoms with Crippen LogP contribution >= 0.6 is 0 Å². The van der Waals surface area contributed by atoms with Crippen molar-refractivity contribution < 1.29 is 33.8 Å². The molecule has 2 unspecified atom stereocenters. The van der Waals surface area contributed by atoms with Gasteiger partial charge in [0.05, 0.1) is 0 Å². The van der Waals surface area contributed by atoms with E-state index in [2.05, 4.69) is 12.2 Å². The Bertz CT molecular complexity index is 899. The number of carbonyl (C=O) groups is 5. The minimum atomic E-state index is -1.19. The lowest BCUT2D eigenvalue weighted by Gasteiger charge is -2.14. The van der Waals surface area contributed by atoms with Gasteiger partial charge in [0.1, 0.15) is 18.4 Å². The summed E-state index contributed by atoms with van der Waals surface area (Å²) in [7, 11) is 0. The molecule has 1 aromatic rings. The Labute approximate surface area is 225 Å². The third kappa shape index (κ3) is 14.0. The third-order valence-electron chi connectivity index (χ3n) is 6.36. The smallest absolute Gasteiger partial charge is 0.326 e. The molecule has 2 atom stereocenters. The van der Waals surface area contributed by atoms with E-state index < -0.39 is 29.7 Å². The van der Waals surface area contributed by atoms with Gasteiger partial charge in [0, 0.05) is 37.4 Å². The Morgan fingerprint density at radius 3 is 2.24 bits per heavy atom. The number of aliphatic carboxylic acids is 1. The predicted molar refractivity (Wildman–Crippen MR) is 145 cm³/mol. The third-order valence-corrected chi connectivity index (χ3v) is 6.36. The zero-order valence-corrected chi connectivity index (χ0v) is 22.8. The number of carbonyl (C=O) groups excluding carboxylic acids is 4. The van der Waals surface area contributed by atoms with Gasteiger partial charge in [-0.25, -0.2) is 4.79 Å². The molecule has 1 aromatic carbocycles. The van der Waals surface area contributed by atoms with Gasteiger partial charge in [-0.2, -0.15) is 0 Å². The molecule has 1 rings (SSSR count). The predicted octanol–water partition coefficient (Wildman–Crippen LogP) is 4.00. The molecule has 0 aliphatic rings. The highest BCUT2D eigenvalue weighted by Crippen LogP contribution is 2.19. The van der Waals surface area contributed by atoms with E-state index in [4.69, 9.17) is 10.5 Å². The number of ether oxygens (including phenoxy) is 1. The van der Waals surface area contributed by atoms with Gasteiger partial charge in [-0.1, -0.05) is 57.4 Å². The lowest BCUT2D eigenvalue weighted by molar-refractivity contribution is -0.142. The van der Waals surface area contributed by atoms with Crippen LogP contribution in [0.2, 0.25) is 0 Å². The molecule has 0 fully saturated rings. The number of hydrogen-bond acceptors (Lipinski definition) is 6. The Kier molecular flexibility index (Phi) is 16.5. The molecule has 212 valence electrons. The van der Waals surface area contributed by atoms with Crippen molar-refractivity contribution in [2.45, 2.75) is 96.9 Å². The summed E-state index contributed by atoms with van der Waals surface area (Å²) >= 11 is 0. The molecule has 4 N–H and O–H groups in total. The molecule has 0 saturated heterocycles. The van der Waals surface area contributed by atoms with Crippen molar-refractivity contribution >= 4 is 29.4 Å². The average molecular weight is 533 g/mol. The first-order valence-corrected chi connectivity index (χ1v) is 13.7. The summed E-state index contributed by atoms with van der Waals surface area (Å²) in [4.78, 5) is 59.9. The fourth-order valence-corrected chi connectivity index (χ4v) is 4.05. The number of ketones is 2. The minimum absolute atomic E-state index is 0.0130. The van der Waals surface area contributed by atoms with Crippen LogP contribution in [0.3, 0.4) is 0 Å². The summed E-state index contributed by atoms with van der Waals surface area (Å²) in [5.41, 5.74) is 7.29. The Balaban J connectivity index is 2.36. The van der Waals surface area contributed by atoms with Crippen molar-refractivity contribution in [2.24, 2.45) is 11.7 Å². The van der Waals surface area contributed by atoms with Crippen molar-refractivity contribution in [1.29, 1.82) is 0 Å². The number of carboxylic acids is 1. The summed E-state index contributed by atoms with van der Waals surface area (Å²) in [6, 6.07) is 6.37. The molecule has 0 aromatic heterocycles. The largest absolute Gasteiger partial charge is 0.480 e. The number of benzene rings is 1. The van der Waals surface area contributed by atoms with Crippen molar-refractivity contribution in [3.8, 4) is 0 Å². The quantitative estimate of drug-likeness (QED) is 0.151. The molecular weight excluding hydrogens is 488 g/mol. The fourth-order valence-electron chi connectivity index (χ4n) is 4.05. The van der Waals surface area contributed by atoms with Gasteiger partial charge >= 0.3 is 5.97 Å². The highest BCUT2D eigenvalue weighted by molar-refractivity contribution is 5.98. The Hall–Kier alpha value is -3.07. The Morgan fingerprint density at radius 1 is 0.921 bits per heavy atom. The van der Waals surface area contributed by atoms with Crippen LogP contribution in [0.25, 0.3) is 0 Å². The zero-order valence-electron chi connectivity index (χ0n) is 22.8. The van der Waals surface area contributed by atoms with Crippen molar-refractivity contribution in [3.63, 3.8) is 0 Å². The van der Waals surface area contributed by atoms with Crippen molar-refractivity contribution in [3.05, 3.63) is 35.4 Å². The number of rotatable bonds is 22. The number of unbranched alkanes of at least 4 members (excludes halogenated alkanes) is 3. The van der Waals surface area contributed by atoms with Crippen molar-refractivity contribution in [1.82, 2.24) is 5.32 Å². The molecule has 9 heteroatoms. The number of aryl methyl sites for hydroxylation is 1. The number of nitrogens with one attached hydrogen (secondary N) is 1. The molecule has 0 aliphatic carbocycles. The molecule has 0 heterocycles. The molecule has 38 heavy (non-hydrogen) atoms. The maximum absolute atomic E-state index is 12.6. The zero-order chi connectivity index (χ0) is 28.3. The number of primary amides is 1. The van der Waals surface area contributed by atoms with Gasteiger partial charge in [0.2, 0.25) is 11.8 Å². The van der Waals surface area contributed by atoms with Gasteiger partial charge in [-0.3, -0.25) is 19.2 Å². The van der Waals surface area contributed by atoms with Crippen LogP contribution in [0.4, 0.5) is 0 Å². The summed E-state index contributed by atoms with van der Waals surface area (Å²) in [5, 5.41) is 11.7. The van der Waals surface area contributed by atoms with E-state index in [1.54, 1.807) is 12.1 Å². The standard InChI is InChI=1S/C29H44N2O7/c1-3-5-9-21-12-14-22(15-13-21)26(33)19-23(28(30)35)10-7-6-8-11-24(32)16-17-25(29(36)37)31-27(34)20-38-18-4-2/h12-15,23,25H,3-11,16-20H2,1-2H3,(H2,30,35)(H,31,34)(H,36,37). The molecule has 0 saturated carbocycles. The molecule has 0 bridgehead atoms. The topological polar surface area (TPSA) is 153 Å². The summed E-state index contributed by atoms with van der Waals surface area (Å²) in [6.45, 7) is 4.23. The fraction of sp³-hybridized carbons (Fsp3) is 0.621. The second kappa shape index (κ2) is 19.1. The summed E-state index contributed by atoms with van der Waals surface area (Å²) in [6.07, 6.45) is 6.72. The Morgan fingerprint density at radius 2 is 1.63 bits per heavy atom. The van der Waals surface area contributed by atoms with Crippen LogP contribution in [0.1, 0.15) is 100 Å². The van der Waals surface area contributed by atoms with Gasteiger partial charge in [0.25, 0.3) is 0 Å². The first-order valence-electron chi connectivity index (χ1n) is 13.7. The molecule has 0 spiro atoms. The molecule has 2 amide bonds. The molecule has 0 radical (unpaired) electrons. The van der Waals surface area contributed by atoms with Crippen LogP contribution in [0, 0.1) is 5.92 Å². The maximum Gasteiger partial charge on any atom is 0.326 e. The maximum atomic E-state index is 12.6. The van der Waals surface area contributed by atoms with Gasteiger partial charge in [-0.15, -0.1) is 0 Å². The van der Waals surface area contributed by atoms with Crippen LogP contribution in [0.15, 0.2) is 24.3 Å². The van der Waals surface area contributed by atoms with E-state index >= 15 is 0 Å². The average Bonchev–Trinajstić information content (AvgIpc) is 2.88. The number of nitrogens with two attached hydrogens (primary N) is 1. The number of amides is 2. The summed E-state index contributed by atoms with van der Waals surface area (Å²) in [5.74, 6) is -2.97. The van der Waals surface area contributed by atoms with Gasteiger partial charge < -0.3 is 20.9 Å². The van der Waals surface area contributed by atoms with Crippen LogP contribution in [0.5, 0.6) is 0 Å². The van der Waals surface area contributed by atoms with Crippen LogP contribution in [-0.2, 0) is 30.3 Å². The first-order chi connectivity index (χ1) is 18.2. The second-order valence-electron chi connectivity index (χ2n) is 9.71. The van der Waals surface area contributed by atoms with E-state index in [0.717, 1.165) is 25.7 Å². The second-order valence-corrected chi connectivity index (χ2v) is 9.71. The molecule has 9 nitrogen and oxygen atoms in total. The van der Waals surface area contributed by atoms with E-state index in [1.807, 2.05) is 19.1 Å².